The van der Waals surface area contributed by atoms with Gasteiger partial charge in [0.05, 0.1) is 6.26 Å². The number of benzene rings is 1. The Kier molecular flexibility index (Phi) is 5.36. The SMILES string of the molecule is CC(=O)c1ccc(OCC(=O)N2CCN(C(=O)c3ccco3)CC2)cc1. The van der Waals surface area contributed by atoms with Gasteiger partial charge >= 0.3 is 0 Å². The van der Waals surface area contributed by atoms with Crippen LogP contribution in [0.2, 0.25) is 0 Å². The van der Waals surface area contributed by atoms with Crippen molar-refractivity contribution in [1.29, 1.82) is 0 Å². The molecule has 7 nitrogen and oxygen atoms in total. The molecule has 1 aromatic carbocycles. The van der Waals surface area contributed by atoms with E-state index in [1.54, 1.807) is 46.2 Å². The minimum atomic E-state index is -0.163. The maximum Gasteiger partial charge on any atom is 0.289 e. The summed E-state index contributed by atoms with van der Waals surface area (Å²) < 4.78 is 10.6. The highest BCUT2D eigenvalue weighted by Crippen LogP contribution is 2.13. The first-order valence-electron chi connectivity index (χ1n) is 8.39. The van der Waals surface area contributed by atoms with Crippen molar-refractivity contribution in [3.05, 3.63) is 54.0 Å². The number of rotatable bonds is 5. The first-order valence-corrected chi connectivity index (χ1v) is 8.39. The quantitative estimate of drug-likeness (QED) is 0.764. The zero-order chi connectivity index (χ0) is 18.5. The van der Waals surface area contributed by atoms with Crippen molar-refractivity contribution in [2.45, 2.75) is 6.92 Å². The van der Waals surface area contributed by atoms with E-state index in [4.69, 9.17) is 9.15 Å². The molecule has 0 aliphatic carbocycles. The van der Waals surface area contributed by atoms with Crippen LogP contribution in [0.5, 0.6) is 5.75 Å². The van der Waals surface area contributed by atoms with E-state index in [1.165, 1.54) is 13.2 Å². The van der Waals surface area contributed by atoms with Gasteiger partial charge < -0.3 is 19.0 Å². The molecule has 136 valence electrons. The normalized spacial score (nSPS) is 14.2. The standard InChI is InChI=1S/C19H20N2O5/c1-14(22)15-4-6-16(7-5-15)26-13-18(23)20-8-10-21(11-9-20)19(24)17-3-2-12-25-17/h2-7,12H,8-11,13H2,1H3. The lowest BCUT2D eigenvalue weighted by molar-refractivity contribution is -0.134. The van der Waals surface area contributed by atoms with Crippen LogP contribution in [0, 0.1) is 0 Å². The van der Waals surface area contributed by atoms with Gasteiger partial charge in [0.1, 0.15) is 5.75 Å². The zero-order valence-corrected chi connectivity index (χ0v) is 14.5. The molecule has 2 aromatic rings. The number of Topliss-reactive ketones (excluding diaryl/α,β-unsaturated/α-hetero) is 1. The minimum absolute atomic E-state index is 0.0189. The lowest BCUT2D eigenvalue weighted by atomic mass is 10.1. The maximum absolute atomic E-state index is 12.3. The molecular weight excluding hydrogens is 336 g/mol. The Labute approximate surface area is 151 Å². The van der Waals surface area contributed by atoms with Crippen LogP contribution >= 0.6 is 0 Å². The summed E-state index contributed by atoms with van der Waals surface area (Å²) in [6.07, 6.45) is 1.47. The van der Waals surface area contributed by atoms with Crippen molar-refractivity contribution in [1.82, 2.24) is 9.80 Å². The largest absolute Gasteiger partial charge is 0.484 e. The van der Waals surface area contributed by atoms with Crippen LogP contribution in [0.15, 0.2) is 47.1 Å². The summed E-state index contributed by atoms with van der Waals surface area (Å²) in [6.45, 7) is 3.24. The van der Waals surface area contributed by atoms with Gasteiger partial charge in [-0.05, 0) is 43.3 Å². The van der Waals surface area contributed by atoms with Gasteiger partial charge in [-0.2, -0.15) is 0 Å². The summed E-state index contributed by atoms with van der Waals surface area (Å²) in [5.74, 6) is 0.529. The highest BCUT2D eigenvalue weighted by Gasteiger charge is 2.26. The van der Waals surface area contributed by atoms with E-state index in [0.29, 0.717) is 43.3 Å². The second kappa shape index (κ2) is 7.86. The van der Waals surface area contributed by atoms with Crippen molar-refractivity contribution in [2.75, 3.05) is 32.8 Å². The predicted octanol–water partition coefficient (Wildman–Crippen LogP) is 1.85. The average Bonchev–Trinajstić information content (AvgIpc) is 3.20. The molecule has 0 unspecified atom stereocenters. The molecule has 2 amide bonds. The van der Waals surface area contributed by atoms with Gasteiger partial charge in [-0.1, -0.05) is 0 Å². The van der Waals surface area contributed by atoms with Crippen molar-refractivity contribution in [2.24, 2.45) is 0 Å². The summed E-state index contributed by atoms with van der Waals surface area (Å²) in [5.41, 5.74) is 0.598. The fourth-order valence-electron chi connectivity index (χ4n) is 2.74. The van der Waals surface area contributed by atoms with Gasteiger partial charge in [-0.3, -0.25) is 14.4 Å². The Morgan fingerprint density at radius 3 is 2.23 bits per heavy atom. The predicted molar refractivity (Wildman–Crippen MR) is 93.1 cm³/mol. The lowest BCUT2D eigenvalue weighted by Crippen LogP contribution is -2.51. The molecule has 0 bridgehead atoms. The van der Waals surface area contributed by atoms with Crippen molar-refractivity contribution in [3.63, 3.8) is 0 Å². The summed E-state index contributed by atoms with van der Waals surface area (Å²) in [5, 5.41) is 0. The van der Waals surface area contributed by atoms with Crippen LogP contribution < -0.4 is 4.74 Å². The molecule has 1 saturated heterocycles. The fraction of sp³-hybridized carbons (Fsp3) is 0.316. The smallest absolute Gasteiger partial charge is 0.289 e. The molecule has 1 fully saturated rings. The monoisotopic (exact) mass is 356 g/mol. The van der Waals surface area contributed by atoms with Crippen LogP contribution in [0.4, 0.5) is 0 Å². The number of ether oxygens (including phenoxy) is 1. The molecule has 0 spiro atoms. The van der Waals surface area contributed by atoms with E-state index in [2.05, 4.69) is 0 Å². The molecule has 26 heavy (non-hydrogen) atoms. The summed E-state index contributed by atoms with van der Waals surface area (Å²) >= 11 is 0. The molecule has 1 aliphatic rings. The van der Waals surface area contributed by atoms with E-state index in [-0.39, 0.29) is 24.2 Å². The Morgan fingerprint density at radius 1 is 1.00 bits per heavy atom. The lowest BCUT2D eigenvalue weighted by Gasteiger charge is -2.34. The number of piperazine rings is 1. The van der Waals surface area contributed by atoms with Gasteiger partial charge in [0.15, 0.2) is 18.2 Å². The maximum atomic E-state index is 12.3. The molecule has 0 N–H and O–H groups in total. The summed E-state index contributed by atoms with van der Waals surface area (Å²) in [7, 11) is 0. The number of hydrogen-bond acceptors (Lipinski definition) is 5. The molecule has 2 heterocycles. The topological polar surface area (TPSA) is 80.1 Å². The second-order valence-corrected chi connectivity index (χ2v) is 6.02. The summed E-state index contributed by atoms with van der Waals surface area (Å²) in [4.78, 5) is 39.1. The molecule has 3 rings (SSSR count). The van der Waals surface area contributed by atoms with E-state index in [9.17, 15) is 14.4 Å². The Hall–Kier alpha value is -3.09. The first kappa shape index (κ1) is 17.7. The third-order valence-electron chi connectivity index (χ3n) is 4.27. The molecule has 0 atom stereocenters. The Balaban J connectivity index is 1.46. The van der Waals surface area contributed by atoms with E-state index in [0.717, 1.165) is 0 Å². The number of hydrogen-bond donors (Lipinski definition) is 0. The molecule has 7 heteroatoms. The fourth-order valence-corrected chi connectivity index (χ4v) is 2.74. The minimum Gasteiger partial charge on any atom is -0.484 e. The highest BCUT2D eigenvalue weighted by atomic mass is 16.5. The number of furan rings is 1. The van der Waals surface area contributed by atoms with Gasteiger partial charge in [0.2, 0.25) is 0 Å². The third-order valence-corrected chi connectivity index (χ3v) is 4.27. The van der Waals surface area contributed by atoms with E-state index < -0.39 is 0 Å². The van der Waals surface area contributed by atoms with E-state index >= 15 is 0 Å². The van der Waals surface area contributed by atoms with E-state index in [1.807, 2.05) is 0 Å². The molecule has 0 saturated carbocycles. The zero-order valence-electron chi connectivity index (χ0n) is 14.5. The molecular formula is C19H20N2O5. The van der Waals surface area contributed by atoms with Crippen LogP contribution in [0.25, 0.3) is 0 Å². The molecule has 1 aromatic heterocycles. The van der Waals surface area contributed by atoms with Crippen LogP contribution in [0.1, 0.15) is 27.8 Å². The van der Waals surface area contributed by atoms with Gasteiger partial charge in [-0.15, -0.1) is 0 Å². The third kappa shape index (κ3) is 4.11. The van der Waals surface area contributed by atoms with Gasteiger partial charge in [-0.25, -0.2) is 0 Å². The average molecular weight is 356 g/mol. The van der Waals surface area contributed by atoms with Crippen molar-refractivity contribution >= 4 is 17.6 Å². The highest BCUT2D eigenvalue weighted by molar-refractivity contribution is 5.94. The van der Waals surface area contributed by atoms with Crippen molar-refractivity contribution in [3.8, 4) is 5.75 Å². The number of carbonyl (C=O) groups excluding carboxylic acids is 3. The molecule has 0 radical (unpaired) electrons. The van der Waals surface area contributed by atoms with Gasteiger partial charge in [0, 0.05) is 31.7 Å². The summed E-state index contributed by atoms with van der Waals surface area (Å²) in [6, 6.07) is 9.98. The molecule has 1 aliphatic heterocycles. The Bertz CT molecular complexity index is 775. The Morgan fingerprint density at radius 2 is 1.65 bits per heavy atom. The van der Waals surface area contributed by atoms with Gasteiger partial charge in [0.25, 0.3) is 11.8 Å². The van der Waals surface area contributed by atoms with Crippen LogP contribution in [-0.2, 0) is 4.79 Å². The van der Waals surface area contributed by atoms with Crippen LogP contribution in [-0.4, -0.2) is 60.2 Å². The van der Waals surface area contributed by atoms with Crippen molar-refractivity contribution < 1.29 is 23.5 Å². The number of carbonyl (C=O) groups is 3. The van der Waals surface area contributed by atoms with Crippen LogP contribution in [0.3, 0.4) is 0 Å². The first-order chi connectivity index (χ1) is 12.5. The number of amides is 2. The number of nitrogens with zero attached hydrogens (tertiary/aromatic N) is 2. The second-order valence-electron chi connectivity index (χ2n) is 6.02. The number of ketones is 1.